The highest BCUT2D eigenvalue weighted by molar-refractivity contribution is 6.33. The molecule has 0 fully saturated rings. The molecule has 2 aromatic rings. The van der Waals surface area contributed by atoms with Crippen LogP contribution in [0.4, 0.5) is 13.2 Å². The first-order valence-corrected chi connectivity index (χ1v) is 6.14. The van der Waals surface area contributed by atoms with Crippen molar-refractivity contribution in [2.75, 3.05) is 0 Å². The fraction of sp³-hybridized carbons (Fsp3) is 0.231. The van der Waals surface area contributed by atoms with E-state index < -0.39 is 22.5 Å². The van der Waals surface area contributed by atoms with Crippen LogP contribution in [0.25, 0.3) is 0 Å². The molecular formula is C13H10ClF3N2O2. The fourth-order valence-corrected chi connectivity index (χ4v) is 2.16. The molecule has 0 saturated heterocycles. The first-order valence-electron chi connectivity index (χ1n) is 5.76. The van der Waals surface area contributed by atoms with Crippen LogP contribution in [-0.2, 0) is 13.2 Å². The van der Waals surface area contributed by atoms with Crippen molar-refractivity contribution in [2.45, 2.75) is 13.1 Å². The van der Waals surface area contributed by atoms with E-state index in [1.807, 2.05) is 0 Å². The number of nitrogens with zero attached hydrogens (tertiary/aromatic N) is 2. The van der Waals surface area contributed by atoms with Gasteiger partial charge in [0, 0.05) is 12.6 Å². The van der Waals surface area contributed by atoms with Crippen molar-refractivity contribution in [3.63, 3.8) is 0 Å². The second-order valence-electron chi connectivity index (χ2n) is 4.43. The van der Waals surface area contributed by atoms with Crippen LogP contribution in [0.5, 0.6) is 5.88 Å². The number of carbonyl (C=O) groups excluding carboxylic acids is 1. The lowest BCUT2D eigenvalue weighted by Gasteiger charge is -2.13. The highest BCUT2D eigenvalue weighted by Gasteiger charge is 2.34. The summed E-state index contributed by atoms with van der Waals surface area (Å²) >= 11 is 5.70. The van der Waals surface area contributed by atoms with Gasteiger partial charge in [-0.1, -0.05) is 17.7 Å². The molecule has 0 unspecified atom stereocenters. The lowest BCUT2D eigenvalue weighted by Crippen LogP contribution is -2.10. The summed E-state index contributed by atoms with van der Waals surface area (Å²) in [7, 11) is 1.43. The Kier molecular flexibility index (Phi) is 3.71. The normalized spacial score (nSPS) is 11.7. The molecule has 0 bridgehead atoms. The lowest BCUT2D eigenvalue weighted by atomic mass is 9.98. The summed E-state index contributed by atoms with van der Waals surface area (Å²) in [5.41, 5.74) is -1.12. The number of aryl methyl sites for hydroxylation is 1. The molecule has 2 rings (SSSR count). The van der Waals surface area contributed by atoms with E-state index >= 15 is 0 Å². The lowest BCUT2D eigenvalue weighted by molar-refractivity contribution is -0.137. The quantitative estimate of drug-likeness (QED) is 0.864. The molecule has 1 aromatic carbocycles. The molecule has 0 aliphatic carbocycles. The van der Waals surface area contributed by atoms with Gasteiger partial charge in [0.15, 0.2) is 5.78 Å². The molecule has 1 N–H and O–H groups in total. The first-order chi connectivity index (χ1) is 9.64. The molecule has 0 saturated carbocycles. The average molecular weight is 319 g/mol. The standard InChI is InChI=1S/C13H10ClF3N2O2/c1-6-7(3-4-9(10(6)14)13(15,16)17)11(20)8-5-18-19(2)12(8)21/h3-5,21H,1-2H3. The number of hydrogen-bond acceptors (Lipinski definition) is 3. The fourth-order valence-electron chi connectivity index (χ4n) is 1.89. The zero-order valence-electron chi connectivity index (χ0n) is 11.0. The Morgan fingerprint density at radius 2 is 1.95 bits per heavy atom. The minimum atomic E-state index is -4.60. The number of rotatable bonds is 2. The van der Waals surface area contributed by atoms with E-state index in [4.69, 9.17) is 11.6 Å². The average Bonchev–Trinajstić information content (AvgIpc) is 2.71. The molecule has 0 aliphatic heterocycles. The molecule has 1 aromatic heterocycles. The van der Waals surface area contributed by atoms with Crippen molar-refractivity contribution >= 4 is 17.4 Å². The Morgan fingerprint density at radius 1 is 1.33 bits per heavy atom. The summed E-state index contributed by atoms with van der Waals surface area (Å²) in [6, 6.07) is 1.79. The van der Waals surface area contributed by atoms with Gasteiger partial charge in [0.25, 0.3) is 0 Å². The van der Waals surface area contributed by atoms with Gasteiger partial charge in [0.1, 0.15) is 5.56 Å². The second-order valence-corrected chi connectivity index (χ2v) is 4.81. The summed E-state index contributed by atoms with van der Waals surface area (Å²) in [6.45, 7) is 1.32. The molecular weight excluding hydrogens is 309 g/mol. The Morgan fingerprint density at radius 3 is 2.43 bits per heavy atom. The van der Waals surface area contributed by atoms with Crippen LogP contribution in [0.2, 0.25) is 5.02 Å². The Balaban J connectivity index is 2.54. The van der Waals surface area contributed by atoms with Crippen LogP contribution in [0.15, 0.2) is 18.3 Å². The number of aromatic nitrogens is 2. The number of ketones is 1. The maximum Gasteiger partial charge on any atom is 0.417 e. The number of carbonyl (C=O) groups is 1. The molecule has 0 atom stereocenters. The highest BCUT2D eigenvalue weighted by Crippen LogP contribution is 2.37. The zero-order chi connectivity index (χ0) is 15.9. The molecule has 21 heavy (non-hydrogen) atoms. The SMILES string of the molecule is Cc1c(C(=O)c2cnn(C)c2O)ccc(C(F)(F)F)c1Cl. The number of alkyl halides is 3. The third-order valence-corrected chi connectivity index (χ3v) is 3.58. The molecule has 0 radical (unpaired) electrons. The molecule has 112 valence electrons. The maximum absolute atomic E-state index is 12.7. The molecule has 8 heteroatoms. The van der Waals surface area contributed by atoms with Crippen LogP contribution in [0, 0.1) is 6.92 Å². The van der Waals surface area contributed by atoms with E-state index in [0.717, 1.165) is 23.0 Å². The maximum atomic E-state index is 12.7. The van der Waals surface area contributed by atoms with Crippen LogP contribution in [0.3, 0.4) is 0 Å². The molecule has 0 aliphatic rings. The summed E-state index contributed by atoms with van der Waals surface area (Å²) in [5.74, 6) is -1.01. The van der Waals surface area contributed by atoms with E-state index in [2.05, 4.69) is 5.10 Å². The smallest absolute Gasteiger partial charge is 0.417 e. The van der Waals surface area contributed by atoms with Crippen LogP contribution in [0.1, 0.15) is 27.0 Å². The predicted molar refractivity (Wildman–Crippen MR) is 69.5 cm³/mol. The summed E-state index contributed by atoms with van der Waals surface area (Å²) in [5, 5.41) is 12.9. The van der Waals surface area contributed by atoms with E-state index in [1.54, 1.807) is 0 Å². The van der Waals surface area contributed by atoms with E-state index in [-0.39, 0.29) is 22.6 Å². The molecule has 0 spiro atoms. The van der Waals surface area contributed by atoms with E-state index in [0.29, 0.717) is 0 Å². The van der Waals surface area contributed by atoms with Gasteiger partial charge in [-0.15, -0.1) is 0 Å². The van der Waals surface area contributed by atoms with Crippen molar-refractivity contribution in [2.24, 2.45) is 7.05 Å². The van der Waals surface area contributed by atoms with Crippen LogP contribution < -0.4 is 0 Å². The third kappa shape index (κ3) is 2.61. The van der Waals surface area contributed by atoms with Crippen molar-refractivity contribution < 1.29 is 23.1 Å². The number of aromatic hydroxyl groups is 1. The third-order valence-electron chi connectivity index (χ3n) is 3.09. The minimum absolute atomic E-state index is 0.000236. The minimum Gasteiger partial charge on any atom is -0.493 e. The van der Waals surface area contributed by atoms with Gasteiger partial charge in [-0.2, -0.15) is 18.3 Å². The monoisotopic (exact) mass is 318 g/mol. The van der Waals surface area contributed by atoms with Gasteiger partial charge in [-0.3, -0.25) is 4.79 Å². The van der Waals surface area contributed by atoms with Gasteiger partial charge < -0.3 is 5.11 Å². The van der Waals surface area contributed by atoms with Crippen molar-refractivity contribution in [1.29, 1.82) is 0 Å². The van der Waals surface area contributed by atoms with Gasteiger partial charge in [-0.05, 0) is 18.6 Å². The molecule has 1 heterocycles. The van der Waals surface area contributed by atoms with E-state index in [9.17, 15) is 23.1 Å². The van der Waals surface area contributed by atoms with Crippen molar-refractivity contribution in [3.8, 4) is 5.88 Å². The molecule has 0 amide bonds. The second kappa shape index (κ2) is 5.07. The Bertz CT molecular complexity index is 723. The Labute approximate surface area is 122 Å². The van der Waals surface area contributed by atoms with Crippen LogP contribution >= 0.6 is 11.6 Å². The number of halogens is 4. The zero-order valence-corrected chi connectivity index (χ0v) is 11.7. The molecule has 4 nitrogen and oxygen atoms in total. The van der Waals surface area contributed by atoms with Crippen molar-refractivity contribution in [1.82, 2.24) is 9.78 Å². The van der Waals surface area contributed by atoms with Crippen molar-refractivity contribution in [3.05, 3.63) is 45.6 Å². The van der Waals surface area contributed by atoms with Gasteiger partial charge >= 0.3 is 6.18 Å². The summed E-state index contributed by atoms with van der Waals surface area (Å²) < 4.78 is 39.3. The highest BCUT2D eigenvalue weighted by atomic mass is 35.5. The van der Waals surface area contributed by atoms with E-state index in [1.165, 1.54) is 14.0 Å². The topological polar surface area (TPSA) is 55.1 Å². The number of hydrogen-bond donors (Lipinski definition) is 1. The predicted octanol–water partition coefficient (Wildman–Crippen LogP) is 3.34. The summed E-state index contributed by atoms with van der Waals surface area (Å²) in [4.78, 5) is 12.3. The van der Waals surface area contributed by atoms with Gasteiger partial charge in [-0.25, -0.2) is 4.68 Å². The number of benzene rings is 1. The van der Waals surface area contributed by atoms with Crippen LogP contribution in [-0.4, -0.2) is 20.7 Å². The Hall–Kier alpha value is -2.02. The first kappa shape index (κ1) is 15.4. The van der Waals surface area contributed by atoms with Gasteiger partial charge in [0.2, 0.25) is 5.88 Å². The van der Waals surface area contributed by atoms with Gasteiger partial charge in [0.05, 0.1) is 16.8 Å². The largest absolute Gasteiger partial charge is 0.493 e. The summed E-state index contributed by atoms with van der Waals surface area (Å²) in [6.07, 6.45) is -3.46.